The summed E-state index contributed by atoms with van der Waals surface area (Å²) in [7, 11) is 2.09. The number of nitrogens with zero attached hydrogens (tertiary/aromatic N) is 4. The van der Waals surface area contributed by atoms with E-state index in [0.717, 1.165) is 29.7 Å². The fraction of sp³-hybridized carbons (Fsp3) is 0.562. The summed E-state index contributed by atoms with van der Waals surface area (Å²) in [5.74, 6) is 3.46. The van der Waals surface area contributed by atoms with Crippen LogP contribution in [0.3, 0.4) is 0 Å². The molecule has 0 saturated heterocycles. The summed E-state index contributed by atoms with van der Waals surface area (Å²) in [6.45, 7) is 5.15. The topological polar surface area (TPSA) is 55.1 Å². The molecule has 0 N–H and O–H groups in total. The number of hydrogen-bond acceptors (Lipinski definition) is 5. The van der Waals surface area contributed by atoms with Crippen LogP contribution in [-0.2, 0) is 0 Å². The van der Waals surface area contributed by atoms with Crippen molar-refractivity contribution in [1.29, 1.82) is 0 Å². The van der Waals surface area contributed by atoms with Crippen LogP contribution in [0.15, 0.2) is 22.9 Å². The highest BCUT2D eigenvalue weighted by Crippen LogP contribution is 2.32. The maximum absolute atomic E-state index is 5.35. The first-order valence-electron chi connectivity index (χ1n) is 7.64. The van der Waals surface area contributed by atoms with Crippen LogP contribution in [0.5, 0.6) is 0 Å². The van der Waals surface area contributed by atoms with E-state index < -0.39 is 0 Å². The molecule has 3 rings (SSSR count). The average molecular weight is 286 g/mol. The van der Waals surface area contributed by atoms with Gasteiger partial charge in [0.2, 0.25) is 0 Å². The summed E-state index contributed by atoms with van der Waals surface area (Å²) in [6.07, 6.45) is 5.83. The van der Waals surface area contributed by atoms with Gasteiger partial charge in [-0.2, -0.15) is 4.98 Å². The second kappa shape index (κ2) is 5.84. The molecule has 21 heavy (non-hydrogen) atoms. The van der Waals surface area contributed by atoms with E-state index in [1.807, 2.05) is 12.1 Å². The van der Waals surface area contributed by atoms with Crippen molar-refractivity contribution in [2.45, 2.75) is 39.0 Å². The van der Waals surface area contributed by atoms with Gasteiger partial charge in [-0.15, -0.1) is 0 Å². The van der Waals surface area contributed by atoms with Crippen LogP contribution in [0.1, 0.15) is 44.9 Å². The second-order valence-corrected chi connectivity index (χ2v) is 6.17. The zero-order chi connectivity index (χ0) is 14.8. The van der Waals surface area contributed by atoms with Crippen LogP contribution in [0.25, 0.3) is 11.5 Å². The minimum absolute atomic E-state index is 0.269. The predicted molar refractivity (Wildman–Crippen MR) is 82.2 cm³/mol. The fourth-order valence-corrected chi connectivity index (χ4v) is 2.24. The molecule has 1 aliphatic rings. The summed E-state index contributed by atoms with van der Waals surface area (Å²) < 4.78 is 5.35. The van der Waals surface area contributed by atoms with E-state index in [1.165, 1.54) is 19.3 Å². The smallest absolute Gasteiger partial charge is 0.258 e. The molecule has 0 spiro atoms. The highest BCUT2D eigenvalue weighted by atomic mass is 16.5. The standard InChI is InChI=1S/C16H22N4O/c1-11(2)15-18-16(21-19-15)13-6-8-17-14(10-13)20(3)9-7-12-4-5-12/h6,8,10-12H,4-5,7,9H2,1-3H3. The van der Waals surface area contributed by atoms with Crippen molar-refractivity contribution in [3.63, 3.8) is 0 Å². The van der Waals surface area contributed by atoms with Gasteiger partial charge < -0.3 is 9.42 Å². The first-order valence-corrected chi connectivity index (χ1v) is 7.64. The Morgan fingerprint density at radius 1 is 1.38 bits per heavy atom. The maximum Gasteiger partial charge on any atom is 0.258 e. The molecule has 0 amide bonds. The zero-order valence-corrected chi connectivity index (χ0v) is 12.9. The molecule has 2 aromatic heterocycles. The van der Waals surface area contributed by atoms with Gasteiger partial charge in [0.1, 0.15) is 5.82 Å². The fourth-order valence-electron chi connectivity index (χ4n) is 2.24. The second-order valence-electron chi connectivity index (χ2n) is 6.17. The maximum atomic E-state index is 5.35. The van der Waals surface area contributed by atoms with Gasteiger partial charge in [-0.3, -0.25) is 0 Å². The molecule has 2 heterocycles. The van der Waals surface area contributed by atoms with Crippen molar-refractivity contribution < 1.29 is 4.52 Å². The Morgan fingerprint density at radius 2 is 2.19 bits per heavy atom. The molecule has 112 valence electrons. The summed E-state index contributed by atoms with van der Waals surface area (Å²) in [6, 6.07) is 3.93. The molecule has 1 aliphatic carbocycles. The monoisotopic (exact) mass is 286 g/mol. The Hall–Kier alpha value is -1.91. The lowest BCUT2D eigenvalue weighted by Gasteiger charge is -2.18. The molecule has 0 unspecified atom stereocenters. The van der Waals surface area contributed by atoms with Crippen LogP contribution in [0.2, 0.25) is 0 Å². The van der Waals surface area contributed by atoms with Gasteiger partial charge in [0.25, 0.3) is 5.89 Å². The van der Waals surface area contributed by atoms with Crippen molar-refractivity contribution in [3.05, 3.63) is 24.2 Å². The Morgan fingerprint density at radius 3 is 2.86 bits per heavy atom. The van der Waals surface area contributed by atoms with Crippen LogP contribution >= 0.6 is 0 Å². The van der Waals surface area contributed by atoms with E-state index >= 15 is 0 Å². The molecule has 1 fully saturated rings. The Bertz CT molecular complexity index is 604. The lowest BCUT2D eigenvalue weighted by Crippen LogP contribution is -2.20. The minimum Gasteiger partial charge on any atom is -0.360 e. The number of rotatable bonds is 6. The Balaban J connectivity index is 1.74. The molecule has 5 nitrogen and oxygen atoms in total. The summed E-state index contributed by atoms with van der Waals surface area (Å²) >= 11 is 0. The van der Waals surface area contributed by atoms with Crippen LogP contribution in [0.4, 0.5) is 5.82 Å². The molecule has 2 aromatic rings. The first-order chi connectivity index (χ1) is 10.1. The summed E-state index contributed by atoms with van der Waals surface area (Å²) in [5, 5.41) is 4.01. The number of hydrogen-bond donors (Lipinski definition) is 0. The van der Waals surface area contributed by atoms with E-state index in [0.29, 0.717) is 5.89 Å². The van der Waals surface area contributed by atoms with Gasteiger partial charge in [-0.1, -0.05) is 31.8 Å². The molecule has 0 atom stereocenters. The van der Waals surface area contributed by atoms with E-state index in [9.17, 15) is 0 Å². The lowest BCUT2D eigenvalue weighted by molar-refractivity contribution is 0.419. The third-order valence-electron chi connectivity index (χ3n) is 3.91. The lowest BCUT2D eigenvalue weighted by atomic mass is 10.2. The molecule has 0 radical (unpaired) electrons. The number of pyridine rings is 1. The predicted octanol–water partition coefficient (Wildman–Crippen LogP) is 3.49. The van der Waals surface area contributed by atoms with Crippen molar-refractivity contribution in [3.8, 4) is 11.5 Å². The van der Waals surface area contributed by atoms with Crippen molar-refractivity contribution in [2.24, 2.45) is 5.92 Å². The van der Waals surface area contributed by atoms with E-state index in [-0.39, 0.29) is 5.92 Å². The van der Waals surface area contributed by atoms with Gasteiger partial charge in [0, 0.05) is 31.3 Å². The average Bonchev–Trinajstić information content (AvgIpc) is 3.18. The molecule has 0 aromatic carbocycles. The normalized spacial score (nSPS) is 14.7. The van der Waals surface area contributed by atoms with Crippen LogP contribution < -0.4 is 4.90 Å². The molecular formula is C16H22N4O. The molecular weight excluding hydrogens is 264 g/mol. The van der Waals surface area contributed by atoms with E-state index in [1.54, 1.807) is 6.20 Å². The molecule has 1 saturated carbocycles. The van der Waals surface area contributed by atoms with Crippen LogP contribution in [-0.4, -0.2) is 28.7 Å². The van der Waals surface area contributed by atoms with Crippen molar-refractivity contribution >= 4 is 5.82 Å². The van der Waals surface area contributed by atoms with Crippen molar-refractivity contribution in [1.82, 2.24) is 15.1 Å². The third-order valence-corrected chi connectivity index (χ3v) is 3.91. The quantitative estimate of drug-likeness (QED) is 0.813. The first kappa shape index (κ1) is 14.0. The third kappa shape index (κ3) is 3.40. The van der Waals surface area contributed by atoms with Crippen molar-refractivity contribution in [2.75, 3.05) is 18.5 Å². The summed E-state index contributed by atoms with van der Waals surface area (Å²) in [5.41, 5.74) is 0.928. The highest BCUT2D eigenvalue weighted by molar-refractivity contribution is 5.58. The molecule has 5 heteroatoms. The largest absolute Gasteiger partial charge is 0.360 e. The van der Waals surface area contributed by atoms with Gasteiger partial charge in [0.15, 0.2) is 5.82 Å². The van der Waals surface area contributed by atoms with Gasteiger partial charge in [0.05, 0.1) is 0 Å². The van der Waals surface area contributed by atoms with Gasteiger partial charge in [-0.25, -0.2) is 4.98 Å². The Labute approximate surface area is 125 Å². The summed E-state index contributed by atoms with van der Waals surface area (Å²) in [4.78, 5) is 11.1. The highest BCUT2D eigenvalue weighted by Gasteiger charge is 2.21. The van der Waals surface area contributed by atoms with E-state index in [4.69, 9.17) is 4.52 Å². The number of anilines is 1. The van der Waals surface area contributed by atoms with E-state index in [2.05, 4.69) is 40.9 Å². The number of aromatic nitrogens is 3. The zero-order valence-electron chi connectivity index (χ0n) is 12.9. The molecule has 0 bridgehead atoms. The Kier molecular flexibility index (Phi) is 3.90. The van der Waals surface area contributed by atoms with Crippen LogP contribution in [0, 0.1) is 5.92 Å². The SMILES string of the molecule is CC(C)c1noc(-c2ccnc(N(C)CCC3CC3)c2)n1. The van der Waals surface area contributed by atoms with Gasteiger partial charge in [-0.05, 0) is 24.5 Å². The molecule has 0 aliphatic heterocycles. The minimum atomic E-state index is 0.269. The van der Waals surface area contributed by atoms with Gasteiger partial charge >= 0.3 is 0 Å².